The summed E-state index contributed by atoms with van der Waals surface area (Å²) in [6.45, 7) is 1.33. The molecule has 0 spiro atoms. The monoisotopic (exact) mass is 233 g/mol. The third-order valence-electron chi connectivity index (χ3n) is 2.29. The molecule has 4 nitrogen and oxygen atoms in total. The summed E-state index contributed by atoms with van der Waals surface area (Å²) >= 11 is 0. The highest BCUT2D eigenvalue weighted by molar-refractivity contribution is 5.91. The third kappa shape index (κ3) is 5.73. The number of carbonyl (C=O) groups excluding carboxylic acids is 1. The van der Waals surface area contributed by atoms with E-state index in [1.165, 1.54) is 6.08 Å². The van der Waals surface area contributed by atoms with Crippen molar-refractivity contribution < 1.29 is 4.79 Å². The van der Waals surface area contributed by atoms with Gasteiger partial charge in [0.15, 0.2) is 0 Å². The van der Waals surface area contributed by atoms with Gasteiger partial charge in [0.1, 0.15) is 0 Å². The smallest absolute Gasteiger partial charge is 0.243 e. The van der Waals surface area contributed by atoms with E-state index in [1.807, 2.05) is 12.1 Å². The summed E-state index contributed by atoms with van der Waals surface area (Å²) in [5.41, 5.74) is 12.6. The van der Waals surface area contributed by atoms with Crippen molar-refractivity contribution in [2.24, 2.45) is 5.73 Å². The molecule has 0 aliphatic rings. The van der Waals surface area contributed by atoms with E-state index in [1.54, 1.807) is 18.2 Å². The van der Waals surface area contributed by atoms with Crippen molar-refractivity contribution in [1.29, 1.82) is 0 Å². The summed E-state index contributed by atoms with van der Waals surface area (Å²) < 4.78 is 0. The molecule has 4 heteroatoms. The van der Waals surface area contributed by atoms with Gasteiger partial charge in [-0.25, -0.2) is 0 Å². The Morgan fingerprint density at radius 1 is 1.24 bits per heavy atom. The lowest BCUT2D eigenvalue weighted by Gasteiger charge is -2.00. The molecule has 0 radical (unpaired) electrons. The summed E-state index contributed by atoms with van der Waals surface area (Å²) in [5.74, 6) is -0.0844. The number of nitrogens with two attached hydrogens (primary N) is 2. The third-order valence-corrected chi connectivity index (χ3v) is 2.29. The number of rotatable bonds is 6. The second-order valence-electron chi connectivity index (χ2n) is 3.79. The predicted octanol–water partition coefficient (Wildman–Crippen LogP) is 1.14. The van der Waals surface area contributed by atoms with Gasteiger partial charge in [-0.15, -0.1) is 0 Å². The molecule has 0 aromatic heterocycles. The SMILES string of the molecule is NCCCCNC(=O)/C=C/c1ccc(N)cc1. The van der Waals surface area contributed by atoms with E-state index < -0.39 is 0 Å². The van der Waals surface area contributed by atoms with E-state index >= 15 is 0 Å². The van der Waals surface area contributed by atoms with Gasteiger partial charge < -0.3 is 16.8 Å². The number of benzene rings is 1. The first-order valence-corrected chi connectivity index (χ1v) is 5.74. The van der Waals surface area contributed by atoms with Crippen molar-refractivity contribution in [3.8, 4) is 0 Å². The van der Waals surface area contributed by atoms with Gasteiger partial charge in [-0.2, -0.15) is 0 Å². The van der Waals surface area contributed by atoms with Gasteiger partial charge >= 0.3 is 0 Å². The molecule has 17 heavy (non-hydrogen) atoms. The molecule has 0 heterocycles. The minimum Gasteiger partial charge on any atom is -0.399 e. The quantitative estimate of drug-likeness (QED) is 0.391. The summed E-state index contributed by atoms with van der Waals surface area (Å²) in [5, 5.41) is 2.79. The first-order chi connectivity index (χ1) is 8.22. The van der Waals surface area contributed by atoms with Crippen LogP contribution in [0.4, 0.5) is 5.69 Å². The first kappa shape index (κ1) is 13.3. The lowest BCUT2D eigenvalue weighted by molar-refractivity contribution is -0.116. The molecule has 1 aromatic carbocycles. The van der Waals surface area contributed by atoms with Gasteiger partial charge in [-0.3, -0.25) is 4.79 Å². The van der Waals surface area contributed by atoms with Crippen LogP contribution in [0.2, 0.25) is 0 Å². The fraction of sp³-hybridized carbons (Fsp3) is 0.308. The van der Waals surface area contributed by atoms with Crippen LogP contribution in [-0.4, -0.2) is 19.0 Å². The van der Waals surface area contributed by atoms with Crippen LogP contribution in [-0.2, 0) is 4.79 Å². The molecule has 92 valence electrons. The van der Waals surface area contributed by atoms with Gasteiger partial charge in [-0.05, 0) is 43.2 Å². The van der Waals surface area contributed by atoms with E-state index in [0.29, 0.717) is 18.8 Å². The Bertz CT molecular complexity index is 371. The molecule has 0 aliphatic heterocycles. The minimum absolute atomic E-state index is 0.0844. The summed E-state index contributed by atoms with van der Waals surface area (Å²) in [6, 6.07) is 7.35. The molecular formula is C13H19N3O. The van der Waals surface area contributed by atoms with Crippen molar-refractivity contribution in [1.82, 2.24) is 5.32 Å². The highest BCUT2D eigenvalue weighted by atomic mass is 16.1. The Hall–Kier alpha value is -1.81. The maximum atomic E-state index is 11.4. The molecule has 1 amide bonds. The Morgan fingerprint density at radius 2 is 1.94 bits per heavy atom. The Labute approximate surface area is 102 Å². The zero-order valence-electron chi connectivity index (χ0n) is 9.86. The predicted molar refractivity (Wildman–Crippen MR) is 71.2 cm³/mol. The van der Waals surface area contributed by atoms with Crippen LogP contribution < -0.4 is 16.8 Å². The number of nitrogen functional groups attached to an aromatic ring is 1. The van der Waals surface area contributed by atoms with Crippen LogP contribution in [0.5, 0.6) is 0 Å². The summed E-state index contributed by atoms with van der Waals surface area (Å²) in [6.07, 6.45) is 5.13. The number of anilines is 1. The molecule has 1 aromatic rings. The lowest BCUT2D eigenvalue weighted by atomic mass is 10.2. The summed E-state index contributed by atoms with van der Waals surface area (Å²) in [7, 11) is 0. The average Bonchev–Trinajstić information content (AvgIpc) is 2.34. The van der Waals surface area contributed by atoms with Gasteiger partial charge in [0.05, 0.1) is 0 Å². The van der Waals surface area contributed by atoms with Gasteiger partial charge in [-0.1, -0.05) is 12.1 Å². The minimum atomic E-state index is -0.0844. The lowest BCUT2D eigenvalue weighted by Crippen LogP contribution is -2.22. The molecule has 1 rings (SSSR count). The van der Waals surface area contributed by atoms with Crippen LogP contribution in [0.1, 0.15) is 18.4 Å². The number of nitrogens with one attached hydrogen (secondary N) is 1. The fourth-order valence-corrected chi connectivity index (χ4v) is 1.32. The van der Waals surface area contributed by atoms with Crippen molar-refractivity contribution in [3.05, 3.63) is 35.9 Å². The van der Waals surface area contributed by atoms with Crippen molar-refractivity contribution >= 4 is 17.7 Å². The topological polar surface area (TPSA) is 81.1 Å². The maximum absolute atomic E-state index is 11.4. The molecule has 0 aliphatic carbocycles. The van der Waals surface area contributed by atoms with Crippen molar-refractivity contribution in [2.75, 3.05) is 18.8 Å². The van der Waals surface area contributed by atoms with Crippen LogP contribution in [0, 0.1) is 0 Å². The van der Waals surface area contributed by atoms with Crippen molar-refractivity contribution in [2.45, 2.75) is 12.8 Å². The second kappa shape index (κ2) is 7.46. The van der Waals surface area contributed by atoms with Crippen LogP contribution in [0.3, 0.4) is 0 Å². The first-order valence-electron chi connectivity index (χ1n) is 5.74. The van der Waals surface area contributed by atoms with Crippen molar-refractivity contribution in [3.63, 3.8) is 0 Å². The van der Waals surface area contributed by atoms with E-state index in [4.69, 9.17) is 11.5 Å². The molecule has 0 unspecified atom stereocenters. The number of hydrogen-bond acceptors (Lipinski definition) is 3. The largest absolute Gasteiger partial charge is 0.399 e. The Kier molecular flexibility index (Phi) is 5.82. The molecule has 0 saturated carbocycles. The zero-order chi connectivity index (χ0) is 12.5. The van der Waals surface area contributed by atoms with E-state index in [-0.39, 0.29) is 5.91 Å². The summed E-state index contributed by atoms with van der Waals surface area (Å²) in [4.78, 5) is 11.4. The molecule has 5 N–H and O–H groups in total. The molecule has 0 bridgehead atoms. The van der Waals surface area contributed by atoms with Crippen LogP contribution >= 0.6 is 0 Å². The number of hydrogen-bond donors (Lipinski definition) is 3. The second-order valence-corrected chi connectivity index (χ2v) is 3.79. The number of carbonyl (C=O) groups is 1. The number of amides is 1. The molecule has 0 saturated heterocycles. The number of unbranched alkanes of at least 4 members (excludes halogenated alkanes) is 1. The Balaban J connectivity index is 2.32. The molecular weight excluding hydrogens is 214 g/mol. The van der Waals surface area contributed by atoms with Crippen LogP contribution in [0.15, 0.2) is 30.3 Å². The average molecular weight is 233 g/mol. The maximum Gasteiger partial charge on any atom is 0.243 e. The Morgan fingerprint density at radius 3 is 2.59 bits per heavy atom. The fourth-order valence-electron chi connectivity index (χ4n) is 1.32. The standard InChI is InChI=1S/C13H19N3O/c14-9-1-2-10-16-13(17)8-5-11-3-6-12(15)7-4-11/h3-8H,1-2,9-10,14-15H2,(H,16,17)/b8-5+. The van der Waals surface area contributed by atoms with E-state index in [2.05, 4.69) is 5.32 Å². The highest BCUT2D eigenvalue weighted by Gasteiger charge is 1.94. The van der Waals surface area contributed by atoms with Gasteiger partial charge in [0.25, 0.3) is 0 Å². The molecule has 0 fully saturated rings. The normalized spacial score (nSPS) is 10.6. The molecule has 0 atom stereocenters. The van der Waals surface area contributed by atoms with Crippen LogP contribution in [0.25, 0.3) is 6.08 Å². The van der Waals surface area contributed by atoms with E-state index in [0.717, 1.165) is 18.4 Å². The van der Waals surface area contributed by atoms with Gasteiger partial charge in [0.2, 0.25) is 5.91 Å². The highest BCUT2D eigenvalue weighted by Crippen LogP contribution is 2.06. The van der Waals surface area contributed by atoms with E-state index in [9.17, 15) is 4.79 Å². The zero-order valence-corrected chi connectivity index (χ0v) is 9.86. The van der Waals surface area contributed by atoms with Gasteiger partial charge in [0, 0.05) is 18.3 Å².